The van der Waals surface area contributed by atoms with Gasteiger partial charge in [0, 0.05) is 17.6 Å². The lowest BCUT2D eigenvalue weighted by atomic mass is 10.1. The van der Waals surface area contributed by atoms with E-state index in [1.54, 1.807) is 0 Å². The van der Waals surface area contributed by atoms with Gasteiger partial charge in [-0.1, -0.05) is 12.1 Å². The predicted octanol–water partition coefficient (Wildman–Crippen LogP) is 3.37. The summed E-state index contributed by atoms with van der Waals surface area (Å²) in [7, 11) is 0. The second-order valence-corrected chi connectivity index (χ2v) is 5.35. The fourth-order valence-corrected chi connectivity index (χ4v) is 2.91. The minimum Gasteiger partial charge on any atom is -0.375 e. The zero-order chi connectivity index (χ0) is 13.1. The van der Waals surface area contributed by atoms with Crippen LogP contribution in [0.5, 0.6) is 0 Å². The van der Waals surface area contributed by atoms with Crippen molar-refractivity contribution in [3.63, 3.8) is 0 Å². The van der Waals surface area contributed by atoms with Gasteiger partial charge in [-0.2, -0.15) is 9.47 Å². The van der Waals surface area contributed by atoms with E-state index in [0.29, 0.717) is 0 Å². The van der Waals surface area contributed by atoms with Crippen molar-refractivity contribution < 1.29 is 0 Å². The van der Waals surface area contributed by atoms with Gasteiger partial charge in [-0.25, -0.2) is 0 Å². The monoisotopic (exact) mass is 272 g/mol. The van der Waals surface area contributed by atoms with Crippen LogP contribution in [0.1, 0.15) is 17.7 Å². The molecule has 0 aliphatic rings. The molecule has 0 unspecified atom stereocenters. The summed E-state index contributed by atoms with van der Waals surface area (Å²) in [6, 6.07) is 8.23. The summed E-state index contributed by atoms with van der Waals surface area (Å²) in [6.07, 6.45) is 4.05. The number of nitrogens with zero attached hydrogens (tertiary/aromatic N) is 2. The van der Waals surface area contributed by atoms with Gasteiger partial charge in [-0.05, 0) is 49.0 Å². The van der Waals surface area contributed by atoms with Crippen molar-refractivity contribution in [1.29, 1.82) is 0 Å². The third kappa shape index (κ3) is 2.61. The molecule has 3 rings (SSSR count). The van der Waals surface area contributed by atoms with Crippen LogP contribution in [-0.2, 0) is 6.42 Å². The Kier molecular flexibility index (Phi) is 3.46. The van der Waals surface area contributed by atoms with Gasteiger partial charge >= 0.3 is 0 Å². The zero-order valence-electron chi connectivity index (χ0n) is 10.8. The second kappa shape index (κ2) is 5.40. The molecular formula is C14H16N4S. The number of rotatable bonds is 5. The van der Waals surface area contributed by atoms with Crippen LogP contribution in [0.25, 0.3) is 10.9 Å². The molecule has 98 valence electrons. The van der Waals surface area contributed by atoms with E-state index < -0.39 is 0 Å². The standard InChI is InChI=1S/C14H16N4S/c1-10-11(9-16-17-10)5-4-8-15-14-12-6-2-3-7-13(12)18-19-14/h2-3,6-7,9,15H,4-5,8H2,1H3,(H,16,17). The minimum absolute atomic E-state index is 0.955. The Hall–Kier alpha value is -1.88. The summed E-state index contributed by atoms with van der Waals surface area (Å²) >= 11 is 1.53. The van der Waals surface area contributed by atoms with Crippen molar-refractivity contribution in [1.82, 2.24) is 14.6 Å². The van der Waals surface area contributed by atoms with Gasteiger partial charge in [0.2, 0.25) is 0 Å². The maximum absolute atomic E-state index is 4.43. The Labute approximate surface area is 116 Å². The molecule has 2 N–H and O–H groups in total. The lowest BCUT2D eigenvalue weighted by Gasteiger charge is -2.03. The molecule has 3 aromatic rings. The first-order chi connectivity index (χ1) is 9.34. The van der Waals surface area contributed by atoms with Crippen LogP contribution in [-0.4, -0.2) is 21.1 Å². The fourth-order valence-electron chi connectivity index (χ4n) is 2.13. The van der Waals surface area contributed by atoms with Crippen LogP contribution in [0.4, 0.5) is 5.00 Å². The van der Waals surface area contributed by atoms with E-state index >= 15 is 0 Å². The highest BCUT2D eigenvalue weighted by Gasteiger charge is 2.04. The molecule has 0 saturated carbocycles. The summed E-state index contributed by atoms with van der Waals surface area (Å²) in [5, 5.41) is 12.9. The lowest BCUT2D eigenvalue weighted by molar-refractivity contribution is 0.859. The molecule has 2 aromatic heterocycles. The SMILES string of the molecule is Cc1[nH]ncc1CCCNc1snc2ccccc12. The van der Waals surface area contributed by atoms with Crippen LogP contribution in [0.2, 0.25) is 0 Å². The molecule has 0 spiro atoms. The molecule has 19 heavy (non-hydrogen) atoms. The Morgan fingerprint density at radius 1 is 1.32 bits per heavy atom. The van der Waals surface area contributed by atoms with Gasteiger partial charge in [0.15, 0.2) is 0 Å². The highest BCUT2D eigenvalue weighted by Crippen LogP contribution is 2.27. The van der Waals surface area contributed by atoms with Crippen molar-refractivity contribution in [3.8, 4) is 0 Å². The molecule has 0 aliphatic heterocycles. The first-order valence-electron chi connectivity index (χ1n) is 6.42. The van der Waals surface area contributed by atoms with Gasteiger partial charge in [0.05, 0.1) is 11.7 Å². The molecular weight excluding hydrogens is 256 g/mol. The van der Waals surface area contributed by atoms with E-state index in [-0.39, 0.29) is 0 Å². The molecule has 0 aliphatic carbocycles. The lowest BCUT2D eigenvalue weighted by Crippen LogP contribution is -2.02. The maximum atomic E-state index is 4.43. The summed E-state index contributed by atoms with van der Waals surface area (Å²) in [5.74, 6) is 0. The second-order valence-electron chi connectivity index (χ2n) is 4.58. The minimum atomic E-state index is 0.955. The van der Waals surface area contributed by atoms with Crippen LogP contribution < -0.4 is 5.32 Å². The summed E-state index contributed by atoms with van der Waals surface area (Å²) in [4.78, 5) is 0. The molecule has 0 fully saturated rings. The molecule has 1 aromatic carbocycles. The van der Waals surface area contributed by atoms with E-state index in [1.807, 2.05) is 18.3 Å². The number of hydrogen-bond acceptors (Lipinski definition) is 4. The van der Waals surface area contributed by atoms with E-state index in [2.05, 4.69) is 38.9 Å². The van der Waals surface area contributed by atoms with E-state index in [4.69, 9.17) is 0 Å². The highest BCUT2D eigenvalue weighted by atomic mass is 32.1. The third-order valence-corrected chi connectivity index (χ3v) is 4.06. The fraction of sp³-hybridized carbons (Fsp3) is 0.286. The van der Waals surface area contributed by atoms with E-state index in [0.717, 1.165) is 24.9 Å². The molecule has 0 atom stereocenters. The van der Waals surface area contributed by atoms with Gasteiger partial charge in [0.25, 0.3) is 0 Å². The van der Waals surface area contributed by atoms with Crippen molar-refractivity contribution in [2.24, 2.45) is 0 Å². The smallest absolute Gasteiger partial charge is 0.117 e. The molecule has 0 radical (unpaired) electrons. The first kappa shape index (κ1) is 12.2. The van der Waals surface area contributed by atoms with Crippen molar-refractivity contribution >= 4 is 27.4 Å². The Morgan fingerprint density at radius 2 is 2.21 bits per heavy atom. The number of hydrogen-bond donors (Lipinski definition) is 2. The summed E-state index contributed by atoms with van der Waals surface area (Å²) < 4.78 is 4.43. The molecule has 5 heteroatoms. The van der Waals surface area contributed by atoms with Gasteiger partial charge in [-0.15, -0.1) is 0 Å². The van der Waals surface area contributed by atoms with Gasteiger partial charge < -0.3 is 5.32 Å². The van der Waals surface area contributed by atoms with Crippen LogP contribution in [0.3, 0.4) is 0 Å². The third-order valence-electron chi connectivity index (χ3n) is 3.23. The van der Waals surface area contributed by atoms with Crippen molar-refractivity contribution in [3.05, 3.63) is 41.7 Å². The average molecular weight is 272 g/mol. The molecule has 0 amide bonds. The number of benzene rings is 1. The number of H-pyrrole nitrogens is 1. The van der Waals surface area contributed by atoms with E-state index in [9.17, 15) is 0 Å². The Morgan fingerprint density at radius 3 is 3.05 bits per heavy atom. The van der Waals surface area contributed by atoms with Crippen LogP contribution >= 0.6 is 11.5 Å². The largest absolute Gasteiger partial charge is 0.375 e. The number of fused-ring (bicyclic) bond motifs is 1. The number of aromatic nitrogens is 3. The molecule has 0 bridgehead atoms. The normalized spacial score (nSPS) is 11.0. The quantitative estimate of drug-likeness (QED) is 0.700. The molecule has 0 saturated heterocycles. The van der Waals surface area contributed by atoms with E-state index in [1.165, 1.54) is 33.2 Å². The predicted molar refractivity (Wildman–Crippen MR) is 79.8 cm³/mol. The topological polar surface area (TPSA) is 53.6 Å². The van der Waals surface area contributed by atoms with Crippen LogP contribution in [0, 0.1) is 6.92 Å². The zero-order valence-corrected chi connectivity index (χ0v) is 11.6. The number of anilines is 1. The van der Waals surface area contributed by atoms with Gasteiger partial charge in [0.1, 0.15) is 5.00 Å². The number of nitrogens with one attached hydrogen (secondary N) is 2. The Bertz CT molecular complexity index is 671. The Balaban J connectivity index is 1.57. The maximum Gasteiger partial charge on any atom is 0.117 e. The highest BCUT2D eigenvalue weighted by molar-refractivity contribution is 7.11. The summed E-state index contributed by atoms with van der Waals surface area (Å²) in [6.45, 7) is 3.02. The molecule has 4 nitrogen and oxygen atoms in total. The number of aryl methyl sites for hydroxylation is 2. The van der Waals surface area contributed by atoms with Crippen molar-refractivity contribution in [2.75, 3.05) is 11.9 Å². The van der Waals surface area contributed by atoms with Crippen molar-refractivity contribution in [2.45, 2.75) is 19.8 Å². The van der Waals surface area contributed by atoms with Gasteiger partial charge in [-0.3, -0.25) is 5.10 Å². The summed E-state index contributed by atoms with van der Waals surface area (Å²) in [5.41, 5.74) is 3.54. The molecule has 2 heterocycles. The van der Waals surface area contributed by atoms with Crippen LogP contribution in [0.15, 0.2) is 30.5 Å². The number of aromatic amines is 1. The average Bonchev–Trinajstić information content (AvgIpc) is 3.02. The first-order valence-corrected chi connectivity index (χ1v) is 7.19.